The van der Waals surface area contributed by atoms with E-state index in [1.165, 1.54) is 25.2 Å². The molecule has 0 amide bonds. The van der Waals surface area contributed by atoms with Crippen molar-refractivity contribution in [1.82, 2.24) is 0 Å². The molecule has 1 aromatic rings. The molecule has 0 bridgehead atoms. The first-order valence-electron chi connectivity index (χ1n) is 4.94. The van der Waals surface area contributed by atoms with Crippen LogP contribution in [0.3, 0.4) is 0 Å². The molecule has 1 saturated heterocycles. The molecule has 0 aromatic heterocycles. The van der Waals surface area contributed by atoms with Crippen LogP contribution in [0.1, 0.15) is 6.42 Å². The molecule has 13 heavy (non-hydrogen) atoms. The van der Waals surface area contributed by atoms with Crippen molar-refractivity contribution in [3.63, 3.8) is 0 Å². The van der Waals surface area contributed by atoms with Gasteiger partial charge in [-0.1, -0.05) is 12.1 Å². The smallest absolute Gasteiger partial charge is 0.0600 e. The lowest BCUT2D eigenvalue weighted by Crippen LogP contribution is -2.22. The molecule has 0 radical (unpaired) electrons. The third-order valence-corrected chi connectivity index (χ3v) is 3.26. The van der Waals surface area contributed by atoms with Crippen LogP contribution in [0.5, 0.6) is 0 Å². The van der Waals surface area contributed by atoms with E-state index in [0.29, 0.717) is 0 Å². The zero-order chi connectivity index (χ0) is 8.84. The van der Waals surface area contributed by atoms with E-state index < -0.39 is 0 Å². The highest BCUT2D eigenvalue weighted by molar-refractivity contribution is 5.68. The summed E-state index contributed by atoms with van der Waals surface area (Å²) >= 11 is 0. The van der Waals surface area contributed by atoms with Gasteiger partial charge in [0.1, 0.15) is 0 Å². The predicted octanol–water partition coefficient (Wildman–Crippen LogP) is 1.72. The summed E-state index contributed by atoms with van der Waals surface area (Å²) in [4.78, 5) is 2.42. The molecule has 1 heterocycles. The van der Waals surface area contributed by atoms with Crippen LogP contribution in [0, 0.1) is 11.8 Å². The van der Waals surface area contributed by atoms with Gasteiger partial charge < -0.3 is 10.6 Å². The average molecular weight is 174 g/mol. The molecule has 2 N–H and O–H groups in total. The fraction of sp³-hybridized carbons (Fsp3) is 0.455. The molecule has 1 aliphatic carbocycles. The number of nitrogens with zero attached hydrogens (tertiary/aromatic N) is 1. The Morgan fingerprint density at radius 1 is 1.15 bits per heavy atom. The minimum absolute atomic E-state index is 0.920. The second-order valence-corrected chi connectivity index (χ2v) is 4.22. The summed E-state index contributed by atoms with van der Waals surface area (Å²) in [7, 11) is 0. The minimum atomic E-state index is 0.920. The molecular formula is C11H14N2. The average Bonchev–Trinajstić information content (AvgIpc) is 2.75. The molecule has 68 valence electrons. The Kier molecular flexibility index (Phi) is 1.34. The van der Waals surface area contributed by atoms with E-state index in [0.717, 1.165) is 17.5 Å². The number of nitrogens with two attached hydrogens (primary N) is 1. The lowest BCUT2D eigenvalue weighted by atomic mass is 10.2. The first-order valence-corrected chi connectivity index (χ1v) is 4.94. The zero-order valence-electron chi connectivity index (χ0n) is 7.61. The number of anilines is 2. The van der Waals surface area contributed by atoms with Crippen LogP contribution >= 0.6 is 0 Å². The van der Waals surface area contributed by atoms with E-state index in [2.05, 4.69) is 17.0 Å². The first kappa shape index (κ1) is 7.25. The van der Waals surface area contributed by atoms with E-state index in [-0.39, 0.29) is 0 Å². The highest BCUT2D eigenvalue weighted by atomic mass is 15.2. The van der Waals surface area contributed by atoms with Gasteiger partial charge in [0.15, 0.2) is 0 Å². The fourth-order valence-corrected chi connectivity index (χ4v) is 2.37. The Balaban J connectivity index is 1.88. The second-order valence-electron chi connectivity index (χ2n) is 4.22. The van der Waals surface area contributed by atoms with Crippen molar-refractivity contribution in [2.45, 2.75) is 6.42 Å². The van der Waals surface area contributed by atoms with Crippen LogP contribution in [0.4, 0.5) is 11.4 Å². The molecule has 1 aliphatic heterocycles. The molecule has 3 rings (SSSR count). The van der Waals surface area contributed by atoms with Gasteiger partial charge in [-0.2, -0.15) is 0 Å². The molecule has 2 unspecified atom stereocenters. The standard InChI is InChI=1S/C11H14N2/c12-10-3-1-2-4-11(10)13-6-8-5-9(8)7-13/h1-4,8-9H,5-7,12H2. The van der Waals surface area contributed by atoms with Gasteiger partial charge in [0.2, 0.25) is 0 Å². The second kappa shape index (κ2) is 2.41. The van der Waals surface area contributed by atoms with Crippen molar-refractivity contribution in [2.24, 2.45) is 11.8 Å². The van der Waals surface area contributed by atoms with Gasteiger partial charge in [-0.15, -0.1) is 0 Å². The van der Waals surface area contributed by atoms with E-state index >= 15 is 0 Å². The molecular weight excluding hydrogens is 160 g/mol. The van der Waals surface area contributed by atoms with Gasteiger partial charge in [0.05, 0.1) is 11.4 Å². The minimum Gasteiger partial charge on any atom is -0.397 e. The Morgan fingerprint density at radius 2 is 1.85 bits per heavy atom. The van der Waals surface area contributed by atoms with Crippen LogP contribution in [0.2, 0.25) is 0 Å². The number of benzene rings is 1. The molecule has 1 saturated carbocycles. The molecule has 2 atom stereocenters. The number of hydrogen-bond acceptors (Lipinski definition) is 2. The molecule has 2 heteroatoms. The van der Waals surface area contributed by atoms with Gasteiger partial charge in [-0.25, -0.2) is 0 Å². The van der Waals surface area contributed by atoms with Crippen LogP contribution in [-0.2, 0) is 0 Å². The van der Waals surface area contributed by atoms with Gasteiger partial charge in [-0.05, 0) is 30.4 Å². The van der Waals surface area contributed by atoms with Gasteiger partial charge in [-0.3, -0.25) is 0 Å². The van der Waals surface area contributed by atoms with E-state index in [9.17, 15) is 0 Å². The summed E-state index contributed by atoms with van der Waals surface area (Å²) in [6, 6.07) is 8.17. The first-order chi connectivity index (χ1) is 6.34. The van der Waals surface area contributed by atoms with E-state index in [4.69, 9.17) is 5.73 Å². The Hall–Kier alpha value is -1.18. The SMILES string of the molecule is Nc1ccccc1N1CC2CC2C1. The fourth-order valence-electron chi connectivity index (χ4n) is 2.37. The quantitative estimate of drug-likeness (QED) is 0.657. The Bertz CT molecular complexity index is 325. The molecule has 1 aromatic carbocycles. The lowest BCUT2D eigenvalue weighted by Gasteiger charge is -2.21. The number of fused-ring (bicyclic) bond motifs is 1. The van der Waals surface area contributed by atoms with Crippen LogP contribution in [0.15, 0.2) is 24.3 Å². The number of nitrogen functional groups attached to an aromatic ring is 1. The molecule has 2 fully saturated rings. The van der Waals surface area contributed by atoms with Crippen LogP contribution < -0.4 is 10.6 Å². The third kappa shape index (κ3) is 1.09. The maximum atomic E-state index is 5.92. The Labute approximate surface area is 78.3 Å². The zero-order valence-corrected chi connectivity index (χ0v) is 7.61. The van der Waals surface area contributed by atoms with Crippen molar-refractivity contribution in [2.75, 3.05) is 23.7 Å². The lowest BCUT2D eigenvalue weighted by molar-refractivity contribution is 0.821. The summed E-state index contributed by atoms with van der Waals surface area (Å²) in [5.41, 5.74) is 8.07. The van der Waals surface area contributed by atoms with Crippen LogP contribution in [0.25, 0.3) is 0 Å². The van der Waals surface area contributed by atoms with Crippen molar-refractivity contribution < 1.29 is 0 Å². The summed E-state index contributed by atoms with van der Waals surface area (Å²) in [5, 5.41) is 0. The monoisotopic (exact) mass is 174 g/mol. The molecule has 2 aliphatic rings. The van der Waals surface area contributed by atoms with Crippen molar-refractivity contribution in [3.8, 4) is 0 Å². The highest BCUT2D eigenvalue weighted by Crippen LogP contribution is 2.46. The number of para-hydroxylation sites is 2. The van der Waals surface area contributed by atoms with E-state index in [1.807, 2.05) is 12.1 Å². The predicted molar refractivity (Wildman–Crippen MR) is 54.7 cm³/mol. The maximum Gasteiger partial charge on any atom is 0.0600 e. The summed E-state index contributed by atoms with van der Waals surface area (Å²) in [6.07, 6.45) is 1.45. The summed E-state index contributed by atoms with van der Waals surface area (Å²) < 4.78 is 0. The van der Waals surface area contributed by atoms with Crippen molar-refractivity contribution >= 4 is 11.4 Å². The number of piperidine rings is 1. The Morgan fingerprint density at radius 3 is 2.54 bits per heavy atom. The normalized spacial score (nSPS) is 30.3. The van der Waals surface area contributed by atoms with Crippen molar-refractivity contribution in [3.05, 3.63) is 24.3 Å². The summed E-state index contributed by atoms with van der Waals surface area (Å²) in [6.45, 7) is 2.44. The number of rotatable bonds is 1. The van der Waals surface area contributed by atoms with Gasteiger partial charge in [0, 0.05) is 13.1 Å². The molecule has 2 nitrogen and oxygen atoms in total. The van der Waals surface area contributed by atoms with Gasteiger partial charge in [0.25, 0.3) is 0 Å². The third-order valence-electron chi connectivity index (χ3n) is 3.26. The van der Waals surface area contributed by atoms with Gasteiger partial charge >= 0.3 is 0 Å². The maximum absolute atomic E-state index is 5.92. The topological polar surface area (TPSA) is 29.3 Å². The number of hydrogen-bond donors (Lipinski definition) is 1. The largest absolute Gasteiger partial charge is 0.397 e. The van der Waals surface area contributed by atoms with Crippen molar-refractivity contribution in [1.29, 1.82) is 0 Å². The van der Waals surface area contributed by atoms with E-state index in [1.54, 1.807) is 0 Å². The van der Waals surface area contributed by atoms with Crippen LogP contribution in [-0.4, -0.2) is 13.1 Å². The highest BCUT2D eigenvalue weighted by Gasteiger charge is 2.45. The molecule has 0 spiro atoms. The summed E-state index contributed by atoms with van der Waals surface area (Å²) in [5.74, 6) is 1.94.